The van der Waals surface area contributed by atoms with Gasteiger partial charge in [-0.3, -0.25) is 0 Å². The smallest absolute Gasteiger partial charge is 0.121 e. The third-order valence-corrected chi connectivity index (χ3v) is 2.93. The molecule has 1 N–H and O–H groups in total. The minimum absolute atomic E-state index is 0.307. The van der Waals surface area contributed by atoms with Crippen molar-refractivity contribution in [3.05, 3.63) is 29.3 Å². The maximum absolute atomic E-state index is 5.68. The van der Waals surface area contributed by atoms with E-state index in [4.69, 9.17) is 9.47 Å². The molecule has 2 rings (SSSR count). The molecule has 1 heterocycles. The van der Waals surface area contributed by atoms with Gasteiger partial charge in [-0.15, -0.1) is 0 Å². The molecule has 1 aromatic carbocycles. The summed E-state index contributed by atoms with van der Waals surface area (Å²) in [5.41, 5.74) is 2.50. The van der Waals surface area contributed by atoms with Crippen molar-refractivity contribution in [2.24, 2.45) is 0 Å². The van der Waals surface area contributed by atoms with Gasteiger partial charge in [-0.25, -0.2) is 0 Å². The van der Waals surface area contributed by atoms with E-state index in [1.165, 1.54) is 11.1 Å². The van der Waals surface area contributed by atoms with E-state index in [1.54, 1.807) is 7.11 Å². The van der Waals surface area contributed by atoms with Crippen molar-refractivity contribution < 1.29 is 9.47 Å². The van der Waals surface area contributed by atoms with Crippen LogP contribution in [0.25, 0.3) is 0 Å². The molecule has 1 aliphatic rings. The van der Waals surface area contributed by atoms with Crippen LogP contribution in [0.2, 0.25) is 0 Å². The van der Waals surface area contributed by atoms with E-state index < -0.39 is 0 Å². The zero-order valence-corrected chi connectivity index (χ0v) is 9.95. The summed E-state index contributed by atoms with van der Waals surface area (Å²) in [5, 5.41) is 3.34. The Bertz CT molecular complexity index is 346. The average Bonchev–Trinajstić information content (AvgIpc) is 2.31. The fraction of sp³-hybridized carbons (Fsp3) is 0.538. The zero-order valence-electron chi connectivity index (χ0n) is 9.95. The van der Waals surface area contributed by atoms with Crippen LogP contribution < -0.4 is 10.1 Å². The molecule has 1 aromatic rings. The highest BCUT2D eigenvalue weighted by Gasteiger charge is 2.14. The third-order valence-electron chi connectivity index (χ3n) is 2.93. The van der Waals surface area contributed by atoms with Gasteiger partial charge in [0.1, 0.15) is 5.75 Å². The molecule has 1 saturated heterocycles. The van der Waals surface area contributed by atoms with Crippen LogP contribution in [0.15, 0.2) is 18.2 Å². The third kappa shape index (κ3) is 2.74. The maximum atomic E-state index is 5.68. The lowest BCUT2D eigenvalue weighted by Gasteiger charge is -2.23. The highest BCUT2D eigenvalue weighted by atomic mass is 16.5. The minimum atomic E-state index is 0.307. The van der Waals surface area contributed by atoms with Gasteiger partial charge in [-0.1, -0.05) is 12.1 Å². The second-order valence-electron chi connectivity index (χ2n) is 4.21. The molecule has 0 amide bonds. The number of aryl methyl sites for hydroxylation is 1. The molecule has 0 aliphatic carbocycles. The first-order valence-corrected chi connectivity index (χ1v) is 5.75. The van der Waals surface area contributed by atoms with Crippen molar-refractivity contribution in [1.29, 1.82) is 0 Å². The van der Waals surface area contributed by atoms with Gasteiger partial charge in [0, 0.05) is 13.1 Å². The number of hydrogen-bond donors (Lipinski definition) is 1. The molecule has 0 spiro atoms. The summed E-state index contributed by atoms with van der Waals surface area (Å²) in [4.78, 5) is 0. The van der Waals surface area contributed by atoms with Crippen LogP contribution in [0.4, 0.5) is 0 Å². The highest BCUT2D eigenvalue weighted by molar-refractivity contribution is 5.36. The number of methoxy groups -OCH3 is 1. The lowest BCUT2D eigenvalue weighted by molar-refractivity contribution is 0.0292. The number of benzene rings is 1. The van der Waals surface area contributed by atoms with Crippen molar-refractivity contribution in [2.75, 3.05) is 26.8 Å². The van der Waals surface area contributed by atoms with E-state index in [-0.39, 0.29) is 0 Å². The number of morpholine rings is 1. The lowest BCUT2D eigenvalue weighted by atomic mass is 10.0. The number of rotatable bonds is 3. The second-order valence-corrected chi connectivity index (χ2v) is 4.21. The number of hydrogen-bond acceptors (Lipinski definition) is 3. The van der Waals surface area contributed by atoms with Crippen LogP contribution in [-0.4, -0.2) is 32.9 Å². The van der Waals surface area contributed by atoms with E-state index in [1.807, 2.05) is 6.07 Å². The minimum Gasteiger partial charge on any atom is -0.496 e. The predicted molar refractivity (Wildman–Crippen MR) is 64.0 cm³/mol. The van der Waals surface area contributed by atoms with Gasteiger partial charge in [0.25, 0.3) is 0 Å². The van der Waals surface area contributed by atoms with Crippen molar-refractivity contribution in [3.63, 3.8) is 0 Å². The Labute approximate surface area is 96.8 Å². The van der Waals surface area contributed by atoms with Gasteiger partial charge in [0.05, 0.1) is 19.8 Å². The van der Waals surface area contributed by atoms with Gasteiger partial charge in [0.2, 0.25) is 0 Å². The van der Waals surface area contributed by atoms with Gasteiger partial charge in [-0.05, 0) is 30.5 Å². The molecule has 1 atom stereocenters. The molecular weight excluding hydrogens is 202 g/mol. The molecule has 0 bridgehead atoms. The van der Waals surface area contributed by atoms with Gasteiger partial charge in [-0.2, -0.15) is 0 Å². The molecule has 0 saturated carbocycles. The van der Waals surface area contributed by atoms with Crippen molar-refractivity contribution in [2.45, 2.75) is 19.4 Å². The van der Waals surface area contributed by atoms with Gasteiger partial charge in [0.15, 0.2) is 0 Å². The summed E-state index contributed by atoms with van der Waals surface area (Å²) in [6.45, 7) is 4.81. The molecule has 88 valence electrons. The molecular formula is C13H19NO2. The van der Waals surface area contributed by atoms with Gasteiger partial charge >= 0.3 is 0 Å². The summed E-state index contributed by atoms with van der Waals surface area (Å²) in [7, 11) is 1.70. The van der Waals surface area contributed by atoms with Crippen LogP contribution in [0.5, 0.6) is 5.75 Å². The van der Waals surface area contributed by atoms with Crippen LogP contribution in [0.1, 0.15) is 11.1 Å². The fourth-order valence-corrected chi connectivity index (χ4v) is 2.08. The second kappa shape index (κ2) is 5.32. The van der Waals surface area contributed by atoms with Crippen LogP contribution in [0, 0.1) is 6.92 Å². The Hall–Kier alpha value is -1.06. The molecule has 1 aliphatic heterocycles. The van der Waals surface area contributed by atoms with Crippen LogP contribution in [0.3, 0.4) is 0 Å². The van der Waals surface area contributed by atoms with E-state index in [2.05, 4.69) is 24.4 Å². The quantitative estimate of drug-likeness (QED) is 0.839. The summed E-state index contributed by atoms with van der Waals surface area (Å²) in [5.74, 6) is 0.950. The van der Waals surface area contributed by atoms with E-state index in [0.29, 0.717) is 6.10 Å². The standard InChI is InChI=1S/C13H19NO2/c1-10-7-11(3-4-13(10)15-2)8-12-9-14-5-6-16-12/h3-4,7,12,14H,5-6,8-9H2,1-2H3/t12-/m1/s1. The van der Waals surface area contributed by atoms with Crippen molar-refractivity contribution >= 4 is 0 Å². The number of ether oxygens (including phenoxy) is 2. The maximum Gasteiger partial charge on any atom is 0.121 e. The van der Waals surface area contributed by atoms with Crippen molar-refractivity contribution in [1.82, 2.24) is 5.32 Å². The molecule has 0 aromatic heterocycles. The first kappa shape index (κ1) is 11.4. The molecule has 3 nitrogen and oxygen atoms in total. The largest absolute Gasteiger partial charge is 0.496 e. The lowest BCUT2D eigenvalue weighted by Crippen LogP contribution is -2.39. The Balaban J connectivity index is 2.01. The summed E-state index contributed by atoms with van der Waals surface area (Å²) >= 11 is 0. The predicted octanol–water partition coefficient (Wildman–Crippen LogP) is 1.53. The topological polar surface area (TPSA) is 30.5 Å². The monoisotopic (exact) mass is 221 g/mol. The molecule has 0 unspecified atom stereocenters. The average molecular weight is 221 g/mol. The Kier molecular flexibility index (Phi) is 3.80. The fourth-order valence-electron chi connectivity index (χ4n) is 2.08. The Morgan fingerprint density at radius 3 is 3.00 bits per heavy atom. The first-order chi connectivity index (χ1) is 7.79. The molecule has 1 fully saturated rings. The van der Waals surface area contributed by atoms with Crippen LogP contribution in [-0.2, 0) is 11.2 Å². The highest BCUT2D eigenvalue weighted by Crippen LogP contribution is 2.19. The van der Waals surface area contributed by atoms with E-state index >= 15 is 0 Å². The number of nitrogens with one attached hydrogen (secondary N) is 1. The first-order valence-electron chi connectivity index (χ1n) is 5.75. The Morgan fingerprint density at radius 1 is 1.50 bits per heavy atom. The Morgan fingerprint density at radius 2 is 2.38 bits per heavy atom. The summed E-state index contributed by atoms with van der Waals surface area (Å²) in [6, 6.07) is 6.32. The van der Waals surface area contributed by atoms with E-state index in [9.17, 15) is 0 Å². The normalized spacial score (nSPS) is 20.8. The van der Waals surface area contributed by atoms with Gasteiger partial charge < -0.3 is 14.8 Å². The zero-order chi connectivity index (χ0) is 11.4. The summed E-state index contributed by atoms with van der Waals surface area (Å²) < 4.78 is 10.9. The van der Waals surface area contributed by atoms with Crippen LogP contribution >= 0.6 is 0 Å². The molecule has 16 heavy (non-hydrogen) atoms. The summed E-state index contributed by atoms with van der Waals surface area (Å²) in [6.07, 6.45) is 1.28. The SMILES string of the molecule is COc1ccc(C[C@@H]2CNCCO2)cc1C. The molecule has 3 heteroatoms. The van der Waals surface area contributed by atoms with Crippen molar-refractivity contribution in [3.8, 4) is 5.75 Å². The van der Waals surface area contributed by atoms with E-state index in [0.717, 1.165) is 31.9 Å². The molecule has 0 radical (unpaired) electrons.